The van der Waals surface area contributed by atoms with Gasteiger partial charge in [0.2, 0.25) is 5.88 Å². The number of ether oxygens (including phenoxy) is 5. The van der Waals surface area contributed by atoms with Crippen LogP contribution in [-0.4, -0.2) is 61.3 Å². The molecule has 2 heterocycles. The van der Waals surface area contributed by atoms with Crippen molar-refractivity contribution in [3.05, 3.63) is 17.6 Å². The Bertz CT molecular complexity index is 645. The van der Waals surface area contributed by atoms with E-state index in [1.165, 1.54) is 0 Å². The molecule has 1 saturated heterocycles. The maximum Gasteiger partial charge on any atom is 0.232 e. The fourth-order valence-electron chi connectivity index (χ4n) is 3.78. The van der Waals surface area contributed by atoms with E-state index in [9.17, 15) is 0 Å². The Morgan fingerprint density at radius 2 is 1.42 bits per heavy atom. The van der Waals surface area contributed by atoms with Crippen LogP contribution in [0.3, 0.4) is 0 Å². The molecule has 0 aliphatic carbocycles. The quantitative estimate of drug-likeness (QED) is 0.261. The zero-order chi connectivity index (χ0) is 23.9. The van der Waals surface area contributed by atoms with Crippen molar-refractivity contribution in [2.45, 2.75) is 110 Å². The summed E-state index contributed by atoms with van der Waals surface area (Å²) in [5, 5.41) is 0. The third kappa shape index (κ3) is 9.12. The van der Waals surface area contributed by atoms with Gasteiger partial charge in [-0.15, -0.1) is 0 Å². The van der Waals surface area contributed by atoms with Gasteiger partial charge in [-0.3, -0.25) is 4.98 Å². The van der Waals surface area contributed by atoms with Crippen LogP contribution < -0.4 is 4.74 Å². The van der Waals surface area contributed by atoms with Crippen LogP contribution in [0.25, 0.3) is 0 Å². The highest BCUT2D eigenvalue weighted by molar-refractivity contribution is 5.21. The lowest BCUT2D eigenvalue weighted by molar-refractivity contribution is -0.0795. The van der Waals surface area contributed by atoms with Crippen molar-refractivity contribution in [2.75, 3.05) is 33.0 Å². The predicted octanol–water partition coefficient (Wildman–Crippen LogP) is 5.59. The molecule has 2 rings (SSSR count). The summed E-state index contributed by atoms with van der Waals surface area (Å²) in [5.74, 6) is 0.557. The van der Waals surface area contributed by atoms with Crippen molar-refractivity contribution >= 4 is 0 Å². The maximum atomic E-state index is 6.52. The molecule has 1 aliphatic heterocycles. The smallest absolute Gasteiger partial charge is 0.232 e. The highest BCUT2D eigenvalue weighted by Gasteiger charge is 2.48. The summed E-state index contributed by atoms with van der Waals surface area (Å²) >= 11 is 0. The first-order chi connectivity index (χ1) is 16.2. The van der Waals surface area contributed by atoms with Crippen molar-refractivity contribution in [3.63, 3.8) is 0 Å². The summed E-state index contributed by atoms with van der Waals surface area (Å²) in [6, 6.07) is 0. The number of rotatable bonds is 18. The Morgan fingerprint density at radius 1 is 0.818 bits per heavy atom. The summed E-state index contributed by atoms with van der Waals surface area (Å²) in [5.41, 5.74) is 1.59. The average molecular weight is 467 g/mol. The summed E-state index contributed by atoms with van der Waals surface area (Å²) in [6.45, 7) is 13.8. The Labute approximate surface area is 200 Å². The van der Waals surface area contributed by atoms with Crippen LogP contribution in [0.1, 0.15) is 96.6 Å². The van der Waals surface area contributed by atoms with E-state index in [0.717, 1.165) is 69.4 Å². The highest BCUT2D eigenvalue weighted by Crippen LogP contribution is 2.38. The van der Waals surface area contributed by atoms with Crippen LogP contribution in [0.2, 0.25) is 0 Å². The first-order valence-corrected chi connectivity index (χ1v) is 13.1. The molecule has 0 N–H and O–H groups in total. The molecule has 4 atom stereocenters. The minimum atomic E-state index is -0.342. The SMILES string of the molecule is CCCCOC[C@H]1O[C@@H](c2ncc(OCCCC)nc2C)[C@@H](OCCCC)C1OCCCC. The van der Waals surface area contributed by atoms with Crippen molar-refractivity contribution < 1.29 is 23.7 Å². The Morgan fingerprint density at radius 3 is 2.06 bits per heavy atom. The molecule has 0 saturated carbocycles. The van der Waals surface area contributed by atoms with E-state index in [4.69, 9.17) is 28.7 Å². The van der Waals surface area contributed by atoms with Gasteiger partial charge < -0.3 is 23.7 Å². The molecule has 0 radical (unpaired) electrons. The number of hydrogen-bond acceptors (Lipinski definition) is 7. The molecule has 0 aromatic carbocycles. The second-order valence-corrected chi connectivity index (χ2v) is 8.78. The molecule has 190 valence electrons. The molecule has 33 heavy (non-hydrogen) atoms. The molecule has 0 bridgehead atoms. The van der Waals surface area contributed by atoms with Crippen LogP contribution >= 0.6 is 0 Å². The third-order valence-corrected chi connectivity index (χ3v) is 5.83. The van der Waals surface area contributed by atoms with E-state index in [2.05, 4.69) is 32.7 Å². The summed E-state index contributed by atoms with van der Waals surface area (Å²) < 4.78 is 30.9. The summed E-state index contributed by atoms with van der Waals surface area (Å²) in [7, 11) is 0. The Balaban J connectivity index is 2.20. The number of nitrogens with zero attached hydrogens (tertiary/aromatic N) is 2. The fraction of sp³-hybridized carbons (Fsp3) is 0.846. The molecule has 1 fully saturated rings. The molecule has 1 unspecified atom stereocenters. The first kappa shape index (κ1) is 28.0. The molecule has 0 spiro atoms. The zero-order valence-corrected chi connectivity index (χ0v) is 21.5. The molecule has 7 heteroatoms. The minimum Gasteiger partial charge on any atom is -0.477 e. The van der Waals surface area contributed by atoms with Gasteiger partial charge in [-0.2, -0.15) is 0 Å². The number of unbranched alkanes of at least 4 members (excludes halogenated alkanes) is 4. The van der Waals surface area contributed by atoms with E-state index in [1.807, 2.05) is 6.92 Å². The van der Waals surface area contributed by atoms with Crippen LogP contribution in [-0.2, 0) is 18.9 Å². The second-order valence-electron chi connectivity index (χ2n) is 8.78. The van der Waals surface area contributed by atoms with E-state index < -0.39 is 0 Å². The van der Waals surface area contributed by atoms with Crippen molar-refractivity contribution in [1.29, 1.82) is 0 Å². The number of aryl methyl sites for hydroxylation is 1. The van der Waals surface area contributed by atoms with Crippen LogP contribution in [0.15, 0.2) is 6.20 Å². The minimum absolute atomic E-state index is 0.193. The van der Waals surface area contributed by atoms with Gasteiger partial charge in [-0.05, 0) is 32.6 Å². The van der Waals surface area contributed by atoms with Gasteiger partial charge in [-0.25, -0.2) is 4.98 Å². The molecular formula is C26H46N2O5. The van der Waals surface area contributed by atoms with Gasteiger partial charge in [0.25, 0.3) is 0 Å². The second kappa shape index (κ2) is 16.4. The van der Waals surface area contributed by atoms with Crippen molar-refractivity contribution in [1.82, 2.24) is 9.97 Å². The highest BCUT2D eigenvalue weighted by atomic mass is 16.6. The van der Waals surface area contributed by atoms with Gasteiger partial charge in [0.15, 0.2) is 0 Å². The molecule has 7 nitrogen and oxygen atoms in total. The third-order valence-electron chi connectivity index (χ3n) is 5.83. The van der Waals surface area contributed by atoms with E-state index in [0.29, 0.717) is 32.3 Å². The fourth-order valence-corrected chi connectivity index (χ4v) is 3.78. The normalized spacial score (nSPS) is 22.7. The maximum absolute atomic E-state index is 6.52. The van der Waals surface area contributed by atoms with Crippen LogP contribution in [0.5, 0.6) is 5.88 Å². The Hall–Kier alpha value is -1.28. The van der Waals surface area contributed by atoms with Crippen LogP contribution in [0.4, 0.5) is 0 Å². The van der Waals surface area contributed by atoms with Gasteiger partial charge in [0.1, 0.15) is 24.4 Å². The Kier molecular flexibility index (Phi) is 13.9. The topological polar surface area (TPSA) is 71.9 Å². The first-order valence-electron chi connectivity index (χ1n) is 13.1. The standard InChI is InChI=1S/C26H46N2O5/c1-6-10-14-29-19-21-24(31-16-12-8-3)26(32-17-13-9-4)25(33-21)23-20(5)28-22(18-27-23)30-15-11-7-2/h18,21,24-26H,6-17,19H2,1-5H3/t21-,24?,25+,26+/m1/s1. The van der Waals surface area contributed by atoms with Crippen molar-refractivity contribution in [3.8, 4) is 5.88 Å². The van der Waals surface area contributed by atoms with Gasteiger partial charge in [0.05, 0.1) is 30.8 Å². The van der Waals surface area contributed by atoms with Gasteiger partial charge in [0, 0.05) is 19.8 Å². The van der Waals surface area contributed by atoms with Gasteiger partial charge in [-0.1, -0.05) is 53.4 Å². The average Bonchev–Trinajstić information content (AvgIpc) is 3.14. The molecular weight excluding hydrogens is 420 g/mol. The predicted molar refractivity (Wildman–Crippen MR) is 130 cm³/mol. The number of aromatic nitrogens is 2. The van der Waals surface area contributed by atoms with Crippen LogP contribution in [0, 0.1) is 6.92 Å². The largest absolute Gasteiger partial charge is 0.477 e. The van der Waals surface area contributed by atoms with E-state index in [1.54, 1.807) is 6.20 Å². The zero-order valence-electron chi connectivity index (χ0n) is 21.5. The molecule has 0 amide bonds. The van der Waals surface area contributed by atoms with E-state index in [-0.39, 0.29) is 24.4 Å². The van der Waals surface area contributed by atoms with Gasteiger partial charge >= 0.3 is 0 Å². The summed E-state index contributed by atoms with van der Waals surface area (Å²) in [6.07, 6.45) is 9.11. The number of hydrogen-bond donors (Lipinski definition) is 0. The molecule has 1 aliphatic rings. The monoisotopic (exact) mass is 466 g/mol. The molecule has 1 aromatic rings. The molecule has 1 aromatic heterocycles. The van der Waals surface area contributed by atoms with Crippen molar-refractivity contribution in [2.24, 2.45) is 0 Å². The van der Waals surface area contributed by atoms with E-state index >= 15 is 0 Å². The lowest BCUT2D eigenvalue weighted by Gasteiger charge is -2.25. The lowest BCUT2D eigenvalue weighted by atomic mass is 10.0. The lowest BCUT2D eigenvalue weighted by Crippen LogP contribution is -2.38. The summed E-state index contributed by atoms with van der Waals surface area (Å²) in [4.78, 5) is 9.34.